The number of hydrogen-bond acceptors (Lipinski definition) is 4. The van der Waals surface area contributed by atoms with Gasteiger partial charge < -0.3 is 15.0 Å². The number of halogens is 6. The number of amides is 1. The standard InChI is InChI=1S/C21H15F6N3O3/c1-33-15-4-2-11(3-5-15)6-17-29-16(10-18(31)30-17)19(32)28-14-8-12(20(22,23)24)7-13(9-14)21(25,26)27/h2-5,7-10H,6H2,1H3,(H,28,32)(H,29,30,31). The Morgan fingerprint density at radius 2 is 1.55 bits per heavy atom. The first-order chi connectivity index (χ1) is 15.3. The first kappa shape index (κ1) is 23.8. The fourth-order valence-electron chi connectivity index (χ4n) is 2.87. The van der Waals surface area contributed by atoms with Crippen molar-refractivity contribution < 1.29 is 35.9 Å². The topological polar surface area (TPSA) is 84.1 Å². The molecule has 12 heteroatoms. The lowest BCUT2D eigenvalue weighted by Gasteiger charge is -2.14. The second-order valence-electron chi connectivity index (χ2n) is 6.85. The molecule has 3 rings (SSSR count). The molecule has 0 bridgehead atoms. The van der Waals surface area contributed by atoms with E-state index < -0.39 is 46.3 Å². The molecule has 0 saturated heterocycles. The zero-order valence-electron chi connectivity index (χ0n) is 16.8. The SMILES string of the molecule is COc1ccc(Cc2nc(C(=O)Nc3cc(C(F)(F)F)cc(C(F)(F)F)c3)cc(=O)[nH]2)cc1. The highest BCUT2D eigenvalue weighted by atomic mass is 19.4. The predicted octanol–water partition coefficient (Wildman–Crippen LogP) is 4.66. The maximum atomic E-state index is 13.0. The van der Waals surface area contributed by atoms with E-state index in [0.717, 1.165) is 6.07 Å². The zero-order chi connectivity index (χ0) is 24.4. The number of aromatic amines is 1. The number of benzene rings is 2. The van der Waals surface area contributed by atoms with Crippen molar-refractivity contribution in [1.29, 1.82) is 0 Å². The Kier molecular flexibility index (Phi) is 6.47. The van der Waals surface area contributed by atoms with Crippen LogP contribution < -0.4 is 15.6 Å². The second kappa shape index (κ2) is 8.96. The van der Waals surface area contributed by atoms with Gasteiger partial charge in [-0.1, -0.05) is 12.1 Å². The van der Waals surface area contributed by atoms with E-state index in [-0.39, 0.29) is 18.3 Å². The molecule has 0 aliphatic heterocycles. The van der Waals surface area contributed by atoms with Gasteiger partial charge in [-0.3, -0.25) is 9.59 Å². The van der Waals surface area contributed by atoms with E-state index in [9.17, 15) is 35.9 Å². The summed E-state index contributed by atoms with van der Waals surface area (Å²) in [6.07, 6.45) is -10.1. The Labute approximate surface area is 182 Å². The zero-order valence-corrected chi connectivity index (χ0v) is 16.8. The van der Waals surface area contributed by atoms with Gasteiger partial charge in [0.15, 0.2) is 0 Å². The molecule has 0 fully saturated rings. The fraction of sp³-hybridized carbons (Fsp3) is 0.190. The summed E-state index contributed by atoms with van der Waals surface area (Å²) in [4.78, 5) is 30.8. The summed E-state index contributed by atoms with van der Waals surface area (Å²) in [5, 5.41) is 1.95. The number of nitrogens with zero attached hydrogens (tertiary/aromatic N) is 1. The molecular formula is C21H15F6N3O3. The quantitative estimate of drug-likeness (QED) is 0.531. The molecule has 3 aromatic rings. The van der Waals surface area contributed by atoms with Gasteiger partial charge in [-0.25, -0.2) is 4.98 Å². The molecule has 174 valence electrons. The smallest absolute Gasteiger partial charge is 0.416 e. The van der Waals surface area contributed by atoms with Crippen molar-refractivity contribution in [1.82, 2.24) is 9.97 Å². The number of rotatable bonds is 5. The molecule has 1 amide bonds. The van der Waals surface area contributed by atoms with Crippen LogP contribution in [0.15, 0.2) is 53.3 Å². The average Bonchev–Trinajstić information content (AvgIpc) is 2.72. The largest absolute Gasteiger partial charge is 0.497 e. The fourth-order valence-corrected chi connectivity index (χ4v) is 2.87. The maximum absolute atomic E-state index is 13.0. The Balaban J connectivity index is 1.89. The normalized spacial score (nSPS) is 11.8. The van der Waals surface area contributed by atoms with Crippen molar-refractivity contribution in [3.8, 4) is 5.75 Å². The lowest BCUT2D eigenvalue weighted by atomic mass is 10.1. The van der Waals surface area contributed by atoms with E-state index in [4.69, 9.17) is 4.74 Å². The second-order valence-corrected chi connectivity index (χ2v) is 6.85. The molecule has 0 radical (unpaired) electrons. The molecule has 2 N–H and O–H groups in total. The molecule has 0 spiro atoms. The molecule has 0 unspecified atom stereocenters. The molecule has 0 saturated carbocycles. The summed E-state index contributed by atoms with van der Waals surface area (Å²) in [5.41, 5.74) is -4.43. The Morgan fingerprint density at radius 1 is 0.970 bits per heavy atom. The summed E-state index contributed by atoms with van der Waals surface area (Å²) in [6, 6.07) is 8.14. The minimum atomic E-state index is -5.07. The number of alkyl halides is 6. The molecular weight excluding hydrogens is 456 g/mol. The predicted molar refractivity (Wildman–Crippen MR) is 105 cm³/mol. The summed E-state index contributed by atoms with van der Waals surface area (Å²) in [7, 11) is 1.48. The molecule has 0 aliphatic carbocycles. The molecule has 33 heavy (non-hydrogen) atoms. The number of hydrogen-bond donors (Lipinski definition) is 2. The van der Waals surface area contributed by atoms with Crippen LogP contribution in [-0.4, -0.2) is 23.0 Å². The third-order valence-corrected chi connectivity index (χ3v) is 4.40. The van der Waals surface area contributed by atoms with Crippen LogP contribution in [0, 0.1) is 0 Å². The number of carbonyl (C=O) groups is 1. The minimum absolute atomic E-state index is 0.0614. The summed E-state index contributed by atoms with van der Waals surface area (Å²) in [5.74, 6) is -0.491. The van der Waals surface area contributed by atoms with Gasteiger partial charge in [-0.2, -0.15) is 26.3 Å². The number of nitrogens with one attached hydrogen (secondary N) is 2. The van der Waals surface area contributed by atoms with Crippen LogP contribution in [0.4, 0.5) is 32.0 Å². The number of aromatic nitrogens is 2. The first-order valence-electron chi connectivity index (χ1n) is 9.19. The molecule has 2 aromatic carbocycles. The van der Waals surface area contributed by atoms with Gasteiger partial charge in [0, 0.05) is 18.2 Å². The van der Waals surface area contributed by atoms with Crippen LogP contribution in [0.2, 0.25) is 0 Å². The monoisotopic (exact) mass is 471 g/mol. The molecule has 1 aromatic heterocycles. The van der Waals surface area contributed by atoms with E-state index in [1.54, 1.807) is 24.3 Å². The van der Waals surface area contributed by atoms with Crippen molar-refractivity contribution in [3.05, 3.63) is 87.1 Å². The third-order valence-electron chi connectivity index (χ3n) is 4.40. The van der Waals surface area contributed by atoms with Crippen molar-refractivity contribution in [2.45, 2.75) is 18.8 Å². The Hall–Kier alpha value is -3.83. The van der Waals surface area contributed by atoms with Crippen LogP contribution in [0.3, 0.4) is 0 Å². The minimum Gasteiger partial charge on any atom is -0.497 e. The average molecular weight is 471 g/mol. The number of carbonyl (C=O) groups excluding carboxylic acids is 1. The van der Waals surface area contributed by atoms with Crippen molar-refractivity contribution in [2.24, 2.45) is 0 Å². The van der Waals surface area contributed by atoms with Gasteiger partial charge in [-0.15, -0.1) is 0 Å². The van der Waals surface area contributed by atoms with Crippen LogP contribution in [0.5, 0.6) is 5.75 Å². The number of methoxy groups -OCH3 is 1. The van der Waals surface area contributed by atoms with Crippen molar-refractivity contribution >= 4 is 11.6 Å². The van der Waals surface area contributed by atoms with E-state index in [1.807, 2.05) is 5.32 Å². The lowest BCUT2D eigenvalue weighted by molar-refractivity contribution is -0.143. The van der Waals surface area contributed by atoms with Gasteiger partial charge >= 0.3 is 12.4 Å². The summed E-state index contributed by atoms with van der Waals surface area (Å²) >= 11 is 0. The molecule has 6 nitrogen and oxygen atoms in total. The van der Waals surface area contributed by atoms with Gasteiger partial charge in [0.05, 0.1) is 18.2 Å². The van der Waals surface area contributed by atoms with E-state index in [2.05, 4.69) is 9.97 Å². The van der Waals surface area contributed by atoms with Gasteiger partial charge in [0.1, 0.15) is 17.3 Å². The van der Waals surface area contributed by atoms with E-state index >= 15 is 0 Å². The number of anilines is 1. The van der Waals surface area contributed by atoms with Crippen molar-refractivity contribution in [3.63, 3.8) is 0 Å². The van der Waals surface area contributed by atoms with Gasteiger partial charge in [-0.05, 0) is 35.9 Å². The highest BCUT2D eigenvalue weighted by molar-refractivity contribution is 6.02. The molecule has 0 aliphatic rings. The molecule has 1 heterocycles. The highest BCUT2D eigenvalue weighted by Crippen LogP contribution is 2.37. The number of H-pyrrole nitrogens is 1. The molecule has 0 atom stereocenters. The van der Waals surface area contributed by atoms with Crippen molar-refractivity contribution in [2.75, 3.05) is 12.4 Å². The summed E-state index contributed by atoms with van der Waals surface area (Å²) in [6.45, 7) is 0. The lowest BCUT2D eigenvalue weighted by Crippen LogP contribution is -2.21. The van der Waals surface area contributed by atoms with Crippen LogP contribution >= 0.6 is 0 Å². The highest BCUT2D eigenvalue weighted by Gasteiger charge is 2.37. The first-order valence-corrected chi connectivity index (χ1v) is 9.19. The van der Waals surface area contributed by atoms with E-state index in [0.29, 0.717) is 23.4 Å². The van der Waals surface area contributed by atoms with Crippen LogP contribution in [-0.2, 0) is 18.8 Å². The summed E-state index contributed by atoms with van der Waals surface area (Å²) < 4.78 is 83.1. The Morgan fingerprint density at radius 3 is 2.06 bits per heavy atom. The van der Waals surface area contributed by atoms with Crippen LogP contribution in [0.1, 0.15) is 33.0 Å². The van der Waals surface area contributed by atoms with Gasteiger partial charge in [0.2, 0.25) is 0 Å². The van der Waals surface area contributed by atoms with Crippen LogP contribution in [0.25, 0.3) is 0 Å². The Bertz CT molecular complexity index is 1190. The third kappa shape index (κ3) is 6.11. The maximum Gasteiger partial charge on any atom is 0.416 e. The van der Waals surface area contributed by atoms with Gasteiger partial charge in [0.25, 0.3) is 11.5 Å². The van der Waals surface area contributed by atoms with E-state index in [1.165, 1.54) is 7.11 Å². The number of ether oxygens (including phenoxy) is 1.